The number of nitrogens with zero attached hydrogens (tertiary/aromatic N) is 4. The third-order valence-electron chi connectivity index (χ3n) is 4.60. The first-order valence-electron chi connectivity index (χ1n) is 8.92. The van der Waals surface area contributed by atoms with Gasteiger partial charge in [-0.1, -0.05) is 24.3 Å². The number of aromatic nitrogens is 4. The van der Waals surface area contributed by atoms with Crippen molar-refractivity contribution in [3.63, 3.8) is 0 Å². The number of aryl methyl sites for hydroxylation is 2. The predicted octanol–water partition coefficient (Wildman–Crippen LogP) is 2.74. The summed E-state index contributed by atoms with van der Waals surface area (Å²) in [7, 11) is 0. The SMILES string of the molecule is CCc1cc(/C=C2/Oc3ccccc3N(Cc3nn[nH]n3)C2=O)cc(C)c1O. The maximum Gasteiger partial charge on any atom is 0.294 e. The van der Waals surface area contributed by atoms with Crippen molar-refractivity contribution >= 4 is 17.7 Å². The molecule has 0 saturated heterocycles. The van der Waals surface area contributed by atoms with E-state index in [1.54, 1.807) is 17.0 Å². The molecule has 8 nitrogen and oxygen atoms in total. The van der Waals surface area contributed by atoms with Gasteiger partial charge in [-0.05, 0) is 60.4 Å². The molecule has 8 heteroatoms. The Morgan fingerprint density at radius 2 is 2.11 bits per heavy atom. The second-order valence-corrected chi connectivity index (χ2v) is 6.50. The summed E-state index contributed by atoms with van der Waals surface area (Å²) in [6.07, 6.45) is 2.37. The van der Waals surface area contributed by atoms with Crippen molar-refractivity contribution in [1.29, 1.82) is 0 Å². The van der Waals surface area contributed by atoms with Crippen molar-refractivity contribution < 1.29 is 14.6 Å². The topological polar surface area (TPSA) is 104 Å². The third-order valence-corrected chi connectivity index (χ3v) is 4.60. The van der Waals surface area contributed by atoms with Crippen LogP contribution >= 0.6 is 0 Å². The average Bonchev–Trinajstić information content (AvgIpc) is 3.21. The number of para-hydroxylation sites is 2. The zero-order valence-electron chi connectivity index (χ0n) is 15.5. The number of phenols is 1. The van der Waals surface area contributed by atoms with E-state index in [0.29, 0.717) is 23.7 Å². The molecule has 1 aliphatic rings. The van der Waals surface area contributed by atoms with Crippen LogP contribution < -0.4 is 9.64 Å². The van der Waals surface area contributed by atoms with Gasteiger partial charge in [-0.25, -0.2) is 0 Å². The summed E-state index contributed by atoms with van der Waals surface area (Å²) in [6.45, 7) is 3.97. The van der Waals surface area contributed by atoms with Gasteiger partial charge in [0.2, 0.25) is 0 Å². The number of carbonyl (C=O) groups is 1. The number of carbonyl (C=O) groups excluding carboxylic acids is 1. The van der Waals surface area contributed by atoms with Gasteiger partial charge >= 0.3 is 0 Å². The fourth-order valence-electron chi connectivity index (χ4n) is 3.20. The van der Waals surface area contributed by atoms with Gasteiger partial charge in [0.1, 0.15) is 5.75 Å². The molecular weight excluding hydrogens is 358 g/mol. The van der Waals surface area contributed by atoms with Crippen LogP contribution in [0.1, 0.15) is 29.4 Å². The van der Waals surface area contributed by atoms with Crippen LogP contribution in [0.25, 0.3) is 6.08 Å². The fourth-order valence-corrected chi connectivity index (χ4v) is 3.20. The van der Waals surface area contributed by atoms with E-state index in [4.69, 9.17) is 4.74 Å². The first-order valence-corrected chi connectivity index (χ1v) is 8.92. The summed E-state index contributed by atoms with van der Waals surface area (Å²) in [4.78, 5) is 14.7. The second kappa shape index (κ2) is 7.15. The highest BCUT2D eigenvalue weighted by Crippen LogP contribution is 2.36. The number of H-pyrrole nitrogens is 1. The predicted molar refractivity (Wildman–Crippen MR) is 103 cm³/mol. The van der Waals surface area contributed by atoms with Crippen LogP contribution in [0, 0.1) is 6.92 Å². The third kappa shape index (κ3) is 3.20. The lowest BCUT2D eigenvalue weighted by molar-refractivity contribution is -0.117. The molecule has 0 aliphatic carbocycles. The van der Waals surface area contributed by atoms with Crippen LogP contribution in [0.4, 0.5) is 5.69 Å². The van der Waals surface area contributed by atoms with Crippen LogP contribution in [-0.4, -0.2) is 31.6 Å². The number of tetrazole rings is 1. The Bertz CT molecular complexity index is 1060. The van der Waals surface area contributed by atoms with E-state index in [9.17, 15) is 9.90 Å². The van der Waals surface area contributed by atoms with E-state index in [-0.39, 0.29) is 24.0 Å². The number of aromatic amines is 1. The van der Waals surface area contributed by atoms with Gasteiger partial charge in [-0.15, -0.1) is 10.2 Å². The van der Waals surface area contributed by atoms with Gasteiger partial charge in [-0.2, -0.15) is 5.21 Å². The van der Waals surface area contributed by atoms with Crippen LogP contribution in [0.2, 0.25) is 0 Å². The van der Waals surface area contributed by atoms with E-state index in [0.717, 1.165) is 16.7 Å². The van der Waals surface area contributed by atoms with E-state index in [1.165, 1.54) is 0 Å². The molecule has 0 spiro atoms. The first kappa shape index (κ1) is 17.7. The molecule has 0 radical (unpaired) electrons. The zero-order valence-corrected chi connectivity index (χ0v) is 15.5. The maximum atomic E-state index is 13.1. The molecule has 142 valence electrons. The van der Waals surface area contributed by atoms with Gasteiger partial charge in [0, 0.05) is 0 Å². The lowest BCUT2D eigenvalue weighted by Crippen LogP contribution is -2.37. The summed E-state index contributed by atoms with van der Waals surface area (Å²) >= 11 is 0. The number of amides is 1. The number of fused-ring (bicyclic) bond motifs is 1. The minimum absolute atomic E-state index is 0.169. The largest absolute Gasteiger partial charge is 0.507 e. The molecule has 3 aromatic rings. The van der Waals surface area contributed by atoms with Crippen molar-refractivity contribution in [2.24, 2.45) is 0 Å². The van der Waals surface area contributed by atoms with Crippen LogP contribution in [0.15, 0.2) is 42.2 Å². The summed E-state index contributed by atoms with van der Waals surface area (Å²) < 4.78 is 5.88. The number of anilines is 1. The average molecular weight is 377 g/mol. The number of aromatic hydroxyl groups is 1. The van der Waals surface area contributed by atoms with Crippen LogP contribution in [-0.2, 0) is 17.8 Å². The van der Waals surface area contributed by atoms with Gasteiger partial charge in [0.15, 0.2) is 17.3 Å². The molecule has 4 rings (SSSR count). The molecule has 28 heavy (non-hydrogen) atoms. The lowest BCUT2D eigenvalue weighted by Gasteiger charge is -2.29. The number of rotatable bonds is 4. The normalized spacial score (nSPS) is 14.9. The van der Waals surface area contributed by atoms with E-state index >= 15 is 0 Å². The molecule has 2 heterocycles. The Kier molecular flexibility index (Phi) is 4.52. The minimum Gasteiger partial charge on any atom is -0.507 e. The van der Waals surface area contributed by atoms with Gasteiger partial charge in [0.05, 0.1) is 12.2 Å². The van der Waals surface area contributed by atoms with Crippen LogP contribution in [0.3, 0.4) is 0 Å². The molecular formula is C20H19N5O3. The molecule has 0 unspecified atom stereocenters. The van der Waals surface area contributed by atoms with Crippen LogP contribution in [0.5, 0.6) is 11.5 Å². The van der Waals surface area contributed by atoms with E-state index < -0.39 is 0 Å². The monoisotopic (exact) mass is 377 g/mol. The van der Waals surface area contributed by atoms with E-state index in [2.05, 4.69) is 20.6 Å². The second-order valence-electron chi connectivity index (χ2n) is 6.50. The fraction of sp³-hybridized carbons (Fsp3) is 0.200. The van der Waals surface area contributed by atoms with Crippen molar-refractivity contribution in [1.82, 2.24) is 20.6 Å². The summed E-state index contributed by atoms with van der Waals surface area (Å²) in [5.41, 5.74) is 3.00. The zero-order chi connectivity index (χ0) is 19.7. The quantitative estimate of drug-likeness (QED) is 0.678. The Morgan fingerprint density at radius 3 is 2.86 bits per heavy atom. The summed E-state index contributed by atoms with van der Waals surface area (Å²) in [5.74, 6) is 1.15. The smallest absolute Gasteiger partial charge is 0.294 e. The number of ether oxygens (including phenoxy) is 1. The van der Waals surface area contributed by atoms with Gasteiger partial charge < -0.3 is 9.84 Å². The molecule has 1 aromatic heterocycles. The molecule has 2 aromatic carbocycles. The molecule has 0 saturated carbocycles. The number of hydrogen-bond donors (Lipinski definition) is 2. The minimum atomic E-state index is -0.299. The number of nitrogens with one attached hydrogen (secondary N) is 1. The maximum absolute atomic E-state index is 13.1. The molecule has 0 atom stereocenters. The van der Waals surface area contributed by atoms with Crippen molar-refractivity contribution in [2.75, 3.05) is 4.90 Å². The van der Waals surface area contributed by atoms with Crippen molar-refractivity contribution in [2.45, 2.75) is 26.8 Å². The highest BCUT2D eigenvalue weighted by atomic mass is 16.5. The Labute approximate surface area is 161 Å². The standard InChI is InChI=1S/C20H19N5O3/c1-3-14-9-13(8-12(2)19(14)26)10-17-20(27)25(11-18-21-23-24-22-18)15-6-4-5-7-16(15)28-17/h4-10,26H,3,11H2,1-2H3,(H,21,22,23,24)/b17-10+. The Hall–Kier alpha value is -3.68. The van der Waals surface area contributed by atoms with Crippen molar-refractivity contribution in [3.8, 4) is 11.5 Å². The van der Waals surface area contributed by atoms with Crippen molar-refractivity contribution in [3.05, 3.63) is 64.7 Å². The number of phenolic OH excluding ortho intramolecular Hbond substituents is 1. The van der Waals surface area contributed by atoms with Gasteiger partial charge in [-0.3, -0.25) is 9.69 Å². The number of benzene rings is 2. The molecule has 1 aliphatic heterocycles. The molecule has 0 bridgehead atoms. The highest BCUT2D eigenvalue weighted by molar-refractivity contribution is 6.09. The number of hydrogen-bond acceptors (Lipinski definition) is 6. The molecule has 0 fully saturated rings. The summed E-state index contributed by atoms with van der Waals surface area (Å²) in [5, 5.41) is 24.0. The molecule has 1 amide bonds. The lowest BCUT2D eigenvalue weighted by atomic mass is 10.0. The van der Waals surface area contributed by atoms with E-state index in [1.807, 2.05) is 44.2 Å². The Balaban J connectivity index is 1.75. The van der Waals surface area contributed by atoms with Gasteiger partial charge in [0.25, 0.3) is 5.91 Å². The highest BCUT2D eigenvalue weighted by Gasteiger charge is 2.31. The first-order chi connectivity index (χ1) is 13.6. The molecule has 2 N–H and O–H groups in total. The summed E-state index contributed by atoms with van der Waals surface area (Å²) in [6, 6.07) is 11.0. The Morgan fingerprint density at radius 1 is 1.29 bits per heavy atom.